The van der Waals surface area contributed by atoms with Gasteiger partial charge in [-0.05, 0) is 30.2 Å². The third kappa shape index (κ3) is 3.47. The Morgan fingerprint density at radius 2 is 2.09 bits per heavy atom. The minimum Gasteiger partial charge on any atom is -0.492 e. The van der Waals surface area contributed by atoms with Gasteiger partial charge < -0.3 is 15.0 Å². The van der Waals surface area contributed by atoms with E-state index in [2.05, 4.69) is 0 Å². The lowest BCUT2D eigenvalue weighted by Gasteiger charge is -2.16. The van der Waals surface area contributed by atoms with E-state index in [0.29, 0.717) is 24.6 Å². The summed E-state index contributed by atoms with van der Waals surface area (Å²) in [5, 5.41) is 9.00. The van der Waals surface area contributed by atoms with Crippen molar-refractivity contribution in [2.75, 3.05) is 12.3 Å². The van der Waals surface area contributed by atoms with E-state index in [1.54, 1.807) is 22.8 Å². The van der Waals surface area contributed by atoms with Crippen molar-refractivity contribution in [3.63, 3.8) is 0 Å². The zero-order chi connectivity index (χ0) is 16.1. The van der Waals surface area contributed by atoms with E-state index in [-0.39, 0.29) is 17.0 Å². The SMILES string of the molecule is CC(C)c1ccc(C#N)c(=O)n1CCOc1cccc(N)c1. The van der Waals surface area contributed by atoms with E-state index >= 15 is 0 Å². The van der Waals surface area contributed by atoms with Crippen molar-refractivity contribution in [1.82, 2.24) is 4.57 Å². The van der Waals surface area contributed by atoms with Gasteiger partial charge in [-0.15, -0.1) is 0 Å². The Labute approximate surface area is 129 Å². The van der Waals surface area contributed by atoms with Gasteiger partial charge in [0.1, 0.15) is 24.0 Å². The highest BCUT2D eigenvalue weighted by atomic mass is 16.5. The zero-order valence-corrected chi connectivity index (χ0v) is 12.7. The Balaban J connectivity index is 2.18. The molecular formula is C17H19N3O2. The van der Waals surface area contributed by atoms with Crippen molar-refractivity contribution < 1.29 is 4.74 Å². The van der Waals surface area contributed by atoms with E-state index in [0.717, 1.165) is 5.69 Å². The maximum Gasteiger partial charge on any atom is 0.268 e. The van der Waals surface area contributed by atoms with Gasteiger partial charge in [-0.25, -0.2) is 0 Å². The van der Waals surface area contributed by atoms with Crippen molar-refractivity contribution in [3.05, 3.63) is 58.0 Å². The first kappa shape index (κ1) is 15.6. The first-order chi connectivity index (χ1) is 10.5. The van der Waals surface area contributed by atoms with Gasteiger partial charge >= 0.3 is 0 Å². The van der Waals surface area contributed by atoms with Crippen molar-refractivity contribution in [3.8, 4) is 11.8 Å². The Bertz CT molecular complexity index is 757. The molecule has 5 nitrogen and oxygen atoms in total. The van der Waals surface area contributed by atoms with E-state index in [1.165, 1.54) is 0 Å². The van der Waals surface area contributed by atoms with Crippen molar-refractivity contribution in [1.29, 1.82) is 5.26 Å². The summed E-state index contributed by atoms with van der Waals surface area (Å²) >= 11 is 0. The summed E-state index contributed by atoms with van der Waals surface area (Å²) in [6.07, 6.45) is 0. The van der Waals surface area contributed by atoms with Gasteiger partial charge in [-0.3, -0.25) is 4.79 Å². The van der Waals surface area contributed by atoms with Gasteiger partial charge in [0.15, 0.2) is 0 Å². The van der Waals surface area contributed by atoms with Crippen molar-refractivity contribution in [2.45, 2.75) is 26.3 Å². The average Bonchev–Trinajstić information content (AvgIpc) is 2.48. The van der Waals surface area contributed by atoms with Crippen LogP contribution in [0.3, 0.4) is 0 Å². The maximum absolute atomic E-state index is 12.3. The number of aromatic nitrogens is 1. The molecule has 0 spiro atoms. The summed E-state index contributed by atoms with van der Waals surface area (Å²) < 4.78 is 7.24. The van der Waals surface area contributed by atoms with Crippen LogP contribution < -0.4 is 16.0 Å². The fourth-order valence-electron chi connectivity index (χ4n) is 2.27. The van der Waals surface area contributed by atoms with Crippen molar-refractivity contribution in [2.24, 2.45) is 0 Å². The van der Waals surface area contributed by atoms with Crippen LogP contribution in [-0.2, 0) is 6.54 Å². The summed E-state index contributed by atoms with van der Waals surface area (Å²) in [5.41, 5.74) is 7.09. The molecule has 0 aliphatic heterocycles. The quantitative estimate of drug-likeness (QED) is 0.860. The Hall–Kier alpha value is -2.74. The number of nitrogens with zero attached hydrogens (tertiary/aromatic N) is 2. The van der Waals surface area contributed by atoms with Gasteiger partial charge in [-0.1, -0.05) is 19.9 Å². The molecule has 1 heterocycles. The number of ether oxygens (including phenoxy) is 1. The molecule has 5 heteroatoms. The number of rotatable bonds is 5. The van der Waals surface area contributed by atoms with Crippen LogP contribution in [0.15, 0.2) is 41.2 Å². The van der Waals surface area contributed by atoms with Crippen molar-refractivity contribution >= 4 is 5.69 Å². The number of hydrogen-bond acceptors (Lipinski definition) is 4. The van der Waals surface area contributed by atoms with Crippen LogP contribution in [0.2, 0.25) is 0 Å². The fourth-order valence-corrected chi connectivity index (χ4v) is 2.27. The first-order valence-corrected chi connectivity index (χ1v) is 7.15. The minimum atomic E-state index is -0.273. The number of benzene rings is 1. The lowest BCUT2D eigenvalue weighted by Crippen LogP contribution is -2.28. The third-order valence-corrected chi connectivity index (χ3v) is 3.36. The number of nitrogens with two attached hydrogens (primary N) is 1. The monoisotopic (exact) mass is 297 g/mol. The Kier molecular flexibility index (Phi) is 4.84. The molecular weight excluding hydrogens is 278 g/mol. The number of nitrogen functional groups attached to an aromatic ring is 1. The molecule has 0 bridgehead atoms. The molecule has 0 amide bonds. The zero-order valence-electron chi connectivity index (χ0n) is 12.7. The van der Waals surface area contributed by atoms with Gasteiger partial charge in [0.05, 0.1) is 6.54 Å². The van der Waals surface area contributed by atoms with Crippen LogP contribution in [0.4, 0.5) is 5.69 Å². The predicted octanol–water partition coefficient (Wildman–Crippen LogP) is 2.50. The summed E-state index contributed by atoms with van der Waals surface area (Å²) in [6, 6.07) is 12.5. The van der Waals surface area contributed by atoms with Gasteiger partial charge in [0, 0.05) is 17.4 Å². The van der Waals surface area contributed by atoms with E-state index in [9.17, 15) is 4.79 Å². The van der Waals surface area contributed by atoms with Crippen LogP contribution in [0.25, 0.3) is 0 Å². The molecule has 0 saturated heterocycles. The molecule has 1 aromatic heterocycles. The van der Waals surface area contributed by atoms with E-state index in [1.807, 2.05) is 38.1 Å². The molecule has 0 fully saturated rings. The molecule has 0 aliphatic carbocycles. The molecule has 2 N–H and O–H groups in total. The maximum atomic E-state index is 12.3. The molecule has 0 radical (unpaired) electrons. The summed E-state index contributed by atoms with van der Waals surface area (Å²) in [4.78, 5) is 12.3. The van der Waals surface area contributed by atoms with Crippen LogP contribution >= 0.6 is 0 Å². The van der Waals surface area contributed by atoms with E-state index < -0.39 is 0 Å². The molecule has 114 valence electrons. The molecule has 2 aromatic rings. The molecule has 0 atom stereocenters. The Morgan fingerprint density at radius 1 is 1.32 bits per heavy atom. The summed E-state index contributed by atoms with van der Waals surface area (Å²) in [5.74, 6) is 0.850. The van der Waals surface area contributed by atoms with Gasteiger partial charge in [-0.2, -0.15) is 5.26 Å². The molecule has 0 saturated carbocycles. The normalized spacial score (nSPS) is 10.5. The van der Waals surface area contributed by atoms with Crippen LogP contribution in [0.5, 0.6) is 5.75 Å². The van der Waals surface area contributed by atoms with Crippen LogP contribution in [-0.4, -0.2) is 11.2 Å². The second kappa shape index (κ2) is 6.81. The second-order valence-corrected chi connectivity index (χ2v) is 5.32. The van der Waals surface area contributed by atoms with Gasteiger partial charge in [0.2, 0.25) is 0 Å². The smallest absolute Gasteiger partial charge is 0.268 e. The Morgan fingerprint density at radius 3 is 2.73 bits per heavy atom. The van der Waals surface area contributed by atoms with Gasteiger partial charge in [0.25, 0.3) is 5.56 Å². The second-order valence-electron chi connectivity index (χ2n) is 5.32. The standard InChI is InChI=1S/C17H19N3O2/c1-12(2)16-7-6-13(11-18)17(21)20(16)8-9-22-15-5-3-4-14(19)10-15/h3-7,10,12H,8-9,19H2,1-2H3. The topological polar surface area (TPSA) is 81.0 Å². The number of nitriles is 1. The van der Waals surface area contributed by atoms with Crippen LogP contribution in [0, 0.1) is 11.3 Å². The largest absolute Gasteiger partial charge is 0.492 e. The average molecular weight is 297 g/mol. The fraction of sp³-hybridized carbons (Fsp3) is 0.294. The minimum absolute atomic E-state index is 0.147. The highest BCUT2D eigenvalue weighted by Gasteiger charge is 2.11. The first-order valence-electron chi connectivity index (χ1n) is 7.15. The summed E-state index contributed by atoms with van der Waals surface area (Å²) in [7, 11) is 0. The number of hydrogen-bond donors (Lipinski definition) is 1. The lowest BCUT2D eigenvalue weighted by atomic mass is 10.1. The van der Waals surface area contributed by atoms with Crippen LogP contribution in [0.1, 0.15) is 31.0 Å². The molecule has 0 aliphatic rings. The van der Waals surface area contributed by atoms with E-state index in [4.69, 9.17) is 15.7 Å². The summed E-state index contributed by atoms with van der Waals surface area (Å²) in [6.45, 7) is 4.74. The number of anilines is 1. The molecule has 0 unspecified atom stereocenters. The molecule has 2 rings (SSSR count). The molecule has 1 aromatic carbocycles. The molecule has 22 heavy (non-hydrogen) atoms. The highest BCUT2D eigenvalue weighted by molar-refractivity contribution is 5.43. The highest BCUT2D eigenvalue weighted by Crippen LogP contribution is 2.15. The predicted molar refractivity (Wildman–Crippen MR) is 85.9 cm³/mol. The number of pyridine rings is 1. The lowest BCUT2D eigenvalue weighted by molar-refractivity contribution is 0.293. The third-order valence-electron chi connectivity index (χ3n) is 3.36.